The summed E-state index contributed by atoms with van der Waals surface area (Å²) in [6, 6.07) is 8.46. The van der Waals surface area contributed by atoms with Crippen LogP contribution in [0.3, 0.4) is 0 Å². The van der Waals surface area contributed by atoms with Gasteiger partial charge in [0, 0.05) is 4.88 Å². The fourth-order valence-corrected chi connectivity index (χ4v) is 3.71. The first kappa shape index (κ1) is 12.8. The van der Waals surface area contributed by atoms with Crippen molar-refractivity contribution < 1.29 is 4.74 Å². The number of nitrogens with one attached hydrogen (secondary N) is 1. The SMILES string of the molecule is CNC1(c2nc(C)c(C)s2)COCc2ccccc21. The van der Waals surface area contributed by atoms with Crippen molar-refractivity contribution in [3.63, 3.8) is 0 Å². The molecule has 0 aliphatic carbocycles. The van der Waals surface area contributed by atoms with Gasteiger partial charge in [0.05, 0.1) is 18.9 Å². The number of thiazole rings is 1. The molecule has 3 rings (SSSR count). The van der Waals surface area contributed by atoms with Crippen molar-refractivity contribution in [2.45, 2.75) is 26.0 Å². The molecule has 0 saturated heterocycles. The topological polar surface area (TPSA) is 34.2 Å². The molecule has 3 nitrogen and oxygen atoms in total. The van der Waals surface area contributed by atoms with Gasteiger partial charge in [-0.2, -0.15) is 0 Å². The molecule has 0 amide bonds. The van der Waals surface area contributed by atoms with Gasteiger partial charge in [-0.3, -0.25) is 0 Å². The fourth-order valence-electron chi connectivity index (χ4n) is 2.60. The molecule has 1 N–H and O–H groups in total. The number of aromatic nitrogens is 1. The summed E-state index contributed by atoms with van der Waals surface area (Å²) in [6.45, 7) is 5.50. The van der Waals surface area contributed by atoms with Crippen LogP contribution in [-0.2, 0) is 16.9 Å². The number of nitrogens with zero attached hydrogens (tertiary/aromatic N) is 1. The fraction of sp³-hybridized carbons (Fsp3) is 0.400. The minimum atomic E-state index is -0.307. The lowest BCUT2D eigenvalue weighted by Gasteiger charge is -2.37. The van der Waals surface area contributed by atoms with Crippen LogP contribution in [-0.4, -0.2) is 18.6 Å². The molecule has 1 unspecified atom stereocenters. The first-order valence-electron chi connectivity index (χ1n) is 6.47. The number of hydrogen-bond acceptors (Lipinski definition) is 4. The maximum absolute atomic E-state index is 5.81. The van der Waals surface area contributed by atoms with E-state index in [-0.39, 0.29) is 5.54 Å². The van der Waals surface area contributed by atoms with Crippen molar-refractivity contribution >= 4 is 11.3 Å². The third-order valence-corrected chi connectivity index (χ3v) is 5.11. The summed E-state index contributed by atoms with van der Waals surface area (Å²) in [6.07, 6.45) is 0. The van der Waals surface area contributed by atoms with Gasteiger partial charge in [0.1, 0.15) is 10.5 Å². The summed E-state index contributed by atoms with van der Waals surface area (Å²) >= 11 is 1.75. The quantitative estimate of drug-likeness (QED) is 0.914. The number of aryl methyl sites for hydroxylation is 2. The molecule has 0 fully saturated rings. The highest BCUT2D eigenvalue weighted by molar-refractivity contribution is 7.11. The van der Waals surface area contributed by atoms with Crippen LogP contribution in [0.1, 0.15) is 26.7 Å². The second kappa shape index (κ2) is 4.71. The first-order chi connectivity index (χ1) is 9.17. The van der Waals surface area contributed by atoms with Gasteiger partial charge in [0.25, 0.3) is 0 Å². The van der Waals surface area contributed by atoms with Crippen molar-refractivity contribution in [2.24, 2.45) is 0 Å². The summed E-state index contributed by atoms with van der Waals surface area (Å²) in [5.74, 6) is 0. The number of likely N-dealkylation sites (N-methyl/N-ethyl adjacent to an activating group) is 1. The molecule has 100 valence electrons. The Labute approximate surface area is 117 Å². The third-order valence-electron chi connectivity index (χ3n) is 3.87. The average molecular weight is 274 g/mol. The van der Waals surface area contributed by atoms with Gasteiger partial charge in [-0.15, -0.1) is 11.3 Å². The lowest BCUT2D eigenvalue weighted by Crippen LogP contribution is -2.48. The van der Waals surface area contributed by atoms with Crippen LogP contribution in [0.5, 0.6) is 0 Å². The molecule has 1 aliphatic heterocycles. The average Bonchev–Trinajstić information content (AvgIpc) is 2.78. The molecular weight excluding hydrogens is 256 g/mol. The predicted molar refractivity (Wildman–Crippen MR) is 77.5 cm³/mol. The Bertz CT molecular complexity index is 588. The zero-order valence-corrected chi connectivity index (χ0v) is 12.3. The molecule has 2 aromatic rings. The number of ether oxygens (including phenoxy) is 1. The van der Waals surface area contributed by atoms with E-state index in [0.717, 1.165) is 10.7 Å². The molecular formula is C15H18N2OS. The van der Waals surface area contributed by atoms with E-state index in [1.54, 1.807) is 11.3 Å². The van der Waals surface area contributed by atoms with Gasteiger partial charge in [0.15, 0.2) is 0 Å². The summed E-state index contributed by atoms with van der Waals surface area (Å²) < 4.78 is 5.81. The van der Waals surface area contributed by atoms with Gasteiger partial charge in [-0.25, -0.2) is 4.98 Å². The van der Waals surface area contributed by atoms with Crippen LogP contribution in [0.4, 0.5) is 0 Å². The highest BCUT2D eigenvalue weighted by Crippen LogP contribution is 2.38. The zero-order chi connectivity index (χ0) is 13.5. The molecule has 0 saturated carbocycles. The minimum Gasteiger partial charge on any atom is -0.374 e. The number of hydrogen-bond donors (Lipinski definition) is 1. The summed E-state index contributed by atoms with van der Waals surface area (Å²) in [5, 5.41) is 4.55. The molecule has 1 atom stereocenters. The lowest BCUT2D eigenvalue weighted by molar-refractivity contribution is 0.0554. The van der Waals surface area contributed by atoms with Crippen molar-refractivity contribution in [1.29, 1.82) is 0 Å². The van der Waals surface area contributed by atoms with Crippen LogP contribution >= 0.6 is 11.3 Å². The highest BCUT2D eigenvalue weighted by atomic mass is 32.1. The van der Waals surface area contributed by atoms with E-state index in [1.807, 2.05) is 7.05 Å². The smallest absolute Gasteiger partial charge is 0.120 e. The van der Waals surface area contributed by atoms with Gasteiger partial charge in [-0.05, 0) is 32.0 Å². The van der Waals surface area contributed by atoms with E-state index in [2.05, 4.69) is 43.4 Å². The Kier molecular flexibility index (Phi) is 3.17. The van der Waals surface area contributed by atoms with E-state index >= 15 is 0 Å². The van der Waals surface area contributed by atoms with Crippen LogP contribution in [0, 0.1) is 13.8 Å². The van der Waals surface area contributed by atoms with Crippen molar-refractivity contribution in [3.05, 3.63) is 51.0 Å². The summed E-state index contributed by atoms with van der Waals surface area (Å²) in [7, 11) is 1.98. The second-order valence-corrected chi connectivity index (χ2v) is 6.17. The normalized spacial score (nSPS) is 22.3. The zero-order valence-electron chi connectivity index (χ0n) is 11.5. The van der Waals surface area contributed by atoms with Gasteiger partial charge < -0.3 is 10.1 Å². The van der Waals surface area contributed by atoms with Gasteiger partial charge in [0.2, 0.25) is 0 Å². The van der Waals surface area contributed by atoms with E-state index in [1.165, 1.54) is 16.0 Å². The number of benzene rings is 1. The monoisotopic (exact) mass is 274 g/mol. The molecule has 19 heavy (non-hydrogen) atoms. The van der Waals surface area contributed by atoms with E-state index < -0.39 is 0 Å². The van der Waals surface area contributed by atoms with E-state index in [0.29, 0.717) is 13.2 Å². The molecule has 1 aromatic carbocycles. The molecule has 0 radical (unpaired) electrons. The summed E-state index contributed by atoms with van der Waals surface area (Å²) in [5.41, 5.74) is 3.34. The predicted octanol–water partition coefficient (Wildman–Crippen LogP) is 2.75. The molecule has 4 heteroatoms. The molecule has 1 aliphatic rings. The van der Waals surface area contributed by atoms with E-state index in [9.17, 15) is 0 Å². The Hall–Kier alpha value is -1.23. The van der Waals surface area contributed by atoms with Crippen LogP contribution in [0.25, 0.3) is 0 Å². The van der Waals surface area contributed by atoms with Crippen molar-refractivity contribution in [1.82, 2.24) is 10.3 Å². The molecule has 0 bridgehead atoms. The Morgan fingerprint density at radius 2 is 2.11 bits per heavy atom. The Balaban J connectivity index is 2.20. The maximum atomic E-state index is 5.81. The highest BCUT2D eigenvalue weighted by Gasteiger charge is 2.40. The lowest BCUT2D eigenvalue weighted by atomic mass is 9.86. The van der Waals surface area contributed by atoms with Crippen LogP contribution in [0.15, 0.2) is 24.3 Å². The van der Waals surface area contributed by atoms with Crippen LogP contribution in [0.2, 0.25) is 0 Å². The first-order valence-corrected chi connectivity index (χ1v) is 7.28. The van der Waals surface area contributed by atoms with E-state index in [4.69, 9.17) is 9.72 Å². The minimum absolute atomic E-state index is 0.307. The third kappa shape index (κ3) is 1.91. The van der Waals surface area contributed by atoms with Crippen molar-refractivity contribution in [2.75, 3.05) is 13.7 Å². The second-order valence-electron chi connectivity index (χ2n) is 4.97. The molecule has 0 spiro atoms. The van der Waals surface area contributed by atoms with Gasteiger partial charge in [-0.1, -0.05) is 24.3 Å². The number of fused-ring (bicyclic) bond motifs is 1. The standard InChI is InChI=1S/C15H18N2OS/c1-10-11(2)19-14(17-10)15(16-3)9-18-8-12-6-4-5-7-13(12)15/h4-7,16H,8-9H2,1-3H3. The number of rotatable bonds is 2. The summed E-state index contributed by atoms with van der Waals surface area (Å²) in [4.78, 5) is 6.02. The maximum Gasteiger partial charge on any atom is 0.120 e. The van der Waals surface area contributed by atoms with Crippen LogP contribution < -0.4 is 5.32 Å². The molecule has 2 heterocycles. The largest absolute Gasteiger partial charge is 0.374 e. The Morgan fingerprint density at radius 1 is 1.32 bits per heavy atom. The Morgan fingerprint density at radius 3 is 2.79 bits per heavy atom. The van der Waals surface area contributed by atoms with Gasteiger partial charge >= 0.3 is 0 Å². The molecule has 1 aromatic heterocycles. The van der Waals surface area contributed by atoms with Crippen molar-refractivity contribution in [3.8, 4) is 0 Å².